The van der Waals surface area contributed by atoms with Crippen molar-refractivity contribution in [3.63, 3.8) is 0 Å². The molecule has 8 nitrogen and oxygen atoms in total. The summed E-state index contributed by atoms with van der Waals surface area (Å²) < 4.78 is 21.2. The summed E-state index contributed by atoms with van der Waals surface area (Å²) in [5.74, 6) is -1.62. The molecule has 0 atom stereocenters. The molecule has 0 radical (unpaired) electrons. The van der Waals surface area contributed by atoms with Crippen molar-refractivity contribution in [2.75, 3.05) is 12.4 Å². The Labute approximate surface area is 166 Å². The topological polar surface area (TPSA) is 99.9 Å². The Hall–Kier alpha value is -3.81. The van der Waals surface area contributed by atoms with E-state index in [0.717, 1.165) is 5.56 Å². The van der Waals surface area contributed by atoms with Gasteiger partial charge in [-0.1, -0.05) is 6.07 Å². The van der Waals surface area contributed by atoms with Crippen molar-refractivity contribution in [3.8, 4) is 17.2 Å². The first-order chi connectivity index (χ1) is 13.8. The summed E-state index contributed by atoms with van der Waals surface area (Å²) in [6.07, 6.45) is 1.25. The fourth-order valence-corrected chi connectivity index (χ4v) is 2.83. The van der Waals surface area contributed by atoms with Crippen molar-refractivity contribution in [2.24, 2.45) is 0 Å². The van der Waals surface area contributed by atoms with Crippen LogP contribution in [0.15, 0.2) is 58.7 Å². The molecule has 0 aliphatic carbocycles. The predicted molar refractivity (Wildman–Crippen MR) is 104 cm³/mol. The molecule has 4 rings (SSSR count). The molecular weight excluding hydrogens is 376 g/mol. The molecule has 2 heterocycles. The van der Waals surface area contributed by atoms with Gasteiger partial charge in [0.2, 0.25) is 5.89 Å². The van der Waals surface area contributed by atoms with E-state index in [1.807, 2.05) is 24.3 Å². The molecule has 1 saturated heterocycles. The van der Waals surface area contributed by atoms with E-state index >= 15 is 0 Å². The zero-order valence-electron chi connectivity index (χ0n) is 16.0. The Bertz CT molecular complexity index is 1120. The van der Waals surface area contributed by atoms with E-state index in [-0.39, 0.29) is 5.57 Å². The number of carbonyl (C=O) groups is 2. The quantitative estimate of drug-likeness (QED) is 0.407. The van der Waals surface area contributed by atoms with Gasteiger partial charge in [0.15, 0.2) is 11.2 Å². The van der Waals surface area contributed by atoms with Crippen LogP contribution in [0.4, 0.5) is 5.69 Å². The van der Waals surface area contributed by atoms with Gasteiger partial charge in [-0.05, 0) is 30.3 Å². The number of methoxy groups -OCH3 is 1. The van der Waals surface area contributed by atoms with Gasteiger partial charge in [-0.15, -0.1) is 0 Å². The van der Waals surface area contributed by atoms with E-state index in [4.69, 9.17) is 18.6 Å². The van der Waals surface area contributed by atoms with Gasteiger partial charge in [0.25, 0.3) is 5.79 Å². The summed E-state index contributed by atoms with van der Waals surface area (Å²) in [6, 6.07) is 12.6. The Morgan fingerprint density at radius 1 is 1.07 bits per heavy atom. The summed E-state index contributed by atoms with van der Waals surface area (Å²) in [7, 11) is 1.59. The fourth-order valence-electron chi connectivity index (χ4n) is 2.83. The molecule has 1 N–H and O–H groups in total. The number of oxazole rings is 1. The molecule has 0 amide bonds. The Morgan fingerprint density at radius 3 is 2.55 bits per heavy atom. The lowest BCUT2D eigenvalue weighted by atomic mass is 10.2. The third kappa shape index (κ3) is 3.77. The first kappa shape index (κ1) is 18.5. The minimum atomic E-state index is -1.28. The summed E-state index contributed by atoms with van der Waals surface area (Å²) in [5, 5.41) is 2.89. The molecule has 148 valence electrons. The van der Waals surface area contributed by atoms with E-state index in [0.29, 0.717) is 28.4 Å². The number of rotatable bonds is 4. The van der Waals surface area contributed by atoms with E-state index in [9.17, 15) is 9.59 Å². The largest absolute Gasteiger partial charge is 0.497 e. The molecule has 1 aliphatic rings. The molecule has 0 spiro atoms. The second kappa shape index (κ2) is 6.97. The van der Waals surface area contributed by atoms with Crippen molar-refractivity contribution in [2.45, 2.75) is 19.6 Å². The molecule has 1 aromatic heterocycles. The average molecular weight is 394 g/mol. The molecule has 8 heteroatoms. The van der Waals surface area contributed by atoms with Crippen molar-refractivity contribution in [1.82, 2.24) is 4.98 Å². The van der Waals surface area contributed by atoms with Crippen LogP contribution in [0.5, 0.6) is 5.75 Å². The second-order valence-electron chi connectivity index (χ2n) is 6.81. The van der Waals surface area contributed by atoms with Crippen molar-refractivity contribution >= 4 is 28.7 Å². The number of cyclic esters (lactones) is 2. The smallest absolute Gasteiger partial charge is 0.350 e. The monoisotopic (exact) mass is 394 g/mol. The highest BCUT2D eigenvalue weighted by Crippen LogP contribution is 2.29. The predicted octanol–water partition coefficient (Wildman–Crippen LogP) is 3.64. The Kier molecular flexibility index (Phi) is 4.46. The number of nitrogens with zero attached hydrogens (tertiary/aromatic N) is 1. The number of hydrogen-bond acceptors (Lipinski definition) is 8. The van der Waals surface area contributed by atoms with Crippen LogP contribution in [-0.2, 0) is 19.1 Å². The molecule has 1 aliphatic heterocycles. The summed E-state index contributed by atoms with van der Waals surface area (Å²) >= 11 is 0. The maximum absolute atomic E-state index is 12.0. The average Bonchev–Trinajstić information content (AvgIpc) is 3.10. The summed E-state index contributed by atoms with van der Waals surface area (Å²) in [5.41, 5.74) is 2.37. The maximum atomic E-state index is 12.0. The van der Waals surface area contributed by atoms with E-state index in [2.05, 4.69) is 10.3 Å². The van der Waals surface area contributed by atoms with Gasteiger partial charge in [0.05, 0.1) is 7.11 Å². The van der Waals surface area contributed by atoms with Crippen molar-refractivity contribution < 1.29 is 28.2 Å². The third-order valence-electron chi connectivity index (χ3n) is 4.21. The van der Waals surface area contributed by atoms with Gasteiger partial charge in [0, 0.05) is 37.4 Å². The number of esters is 2. The van der Waals surface area contributed by atoms with Gasteiger partial charge in [-0.25, -0.2) is 14.6 Å². The molecular formula is C21H18N2O6. The standard InChI is InChI=1S/C21H18N2O6/c1-21(2)28-19(24)15(20(25)29-21)11-22-13-7-8-16-17(10-13)27-18(23-16)12-5-4-6-14(9-12)26-3/h4-11,22H,1-3H3. The molecule has 0 unspecified atom stereocenters. The third-order valence-corrected chi connectivity index (χ3v) is 4.21. The van der Waals surface area contributed by atoms with Gasteiger partial charge >= 0.3 is 11.9 Å². The summed E-state index contributed by atoms with van der Waals surface area (Å²) in [4.78, 5) is 28.5. The second-order valence-corrected chi connectivity index (χ2v) is 6.81. The number of hydrogen-bond donors (Lipinski definition) is 1. The van der Waals surface area contributed by atoms with Crippen LogP contribution in [-0.4, -0.2) is 29.8 Å². The SMILES string of the molecule is COc1cccc(-c2nc3ccc(NC=C4C(=O)OC(C)(C)OC4=O)cc3o2)c1. The summed E-state index contributed by atoms with van der Waals surface area (Å²) in [6.45, 7) is 2.98. The van der Waals surface area contributed by atoms with E-state index in [1.54, 1.807) is 25.3 Å². The van der Waals surface area contributed by atoms with E-state index in [1.165, 1.54) is 20.0 Å². The first-order valence-electron chi connectivity index (χ1n) is 8.83. The zero-order valence-corrected chi connectivity index (χ0v) is 16.0. The molecule has 0 bridgehead atoms. The number of fused-ring (bicyclic) bond motifs is 1. The highest BCUT2D eigenvalue weighted by Gasteiger charge is 2.38. The van der Waals surface area contributed by atoms with Crippen LogP contribution in [0.2, 0.25) is 0 Å². The lowest BCUT2D eigenvalue weighted by Gasteiger charge is -2.29. The number of aromatic nitrogens is 1. The van der Waals surface area contributed by atoms with Crippen LogP contribution < -0.4 is 10.1 Å². The van der Waals surface area contributed by atoms with Crippen LogP contribution in [0.1, 0.15) is 13.8 Å². The molecule has 29 heavy (non-hydrogen) atoms. The van der Waals surface area contributed by atoms with Crippen LogP contribution in [0.25, 0.3) is 22.6 Å². The highest BCUT2D eigenvalue weighted by molar-refractivity contribution is 6.15. The Morgan fingerprint density at radius 2 is 1.83 bits per heavy atom. The highest BCUT2D eigenvalue weighted by atomic mass is 16.7. The van der Waals surface area contributed by atoms with Crippen molar-refractivity contribution in [1.29, 1.82) is 0 Å². The molecule has 0 saturated carbocycles. The fraction of sp³-hybridized carbons (Fsp3) is 0.190. The van der Waals surface area contributed by atoms with Crippen LogP contribution >= 0.6 is 0 Å². The number of carbonyl (C=O) groups excluding carboxylic acids is 2. The number of nitrogens with one attached hydrogen (secondary N) is 1. The Balaban J connectivity index is 1.58. The van der Waals surface area contributed by atoms with Gasteiger partial charge < -0.3 is 23.9 Å². The molecule has 2 aromatic carbocycles. The van der Waals surface area contributed by atoms with Gasteiger partial charge in [-0.3, -0.25) is 0 Å². The molecule has 1 fully saturated rings. The molecule has 3 aromatic rings. The lowest BCUT2D eigenvalue weighted by Crippen LogP contribution is -2.42. The minimum absolute atomic E-state index is 0.223. The number of benzene rings is 2. The lowest BCUT2D eigenvalue weighted by molar-refractivity contribution is -0.222. The van der Waals surface area contributed by atoms with E-state index < -0.39 is 17.7 Å². The minimum Gasteiger partial charge on any atom is -0.497 e. The number of anilines is 1. The number of ether oxygens (including phenoxy) is 3. The first-order valence-corrected chi connectivity index (χ1v) is 8.83. The van der Waals surface area contributed by atoms with Crippen LogP contribution in [0, 0.1) is 0 Å². The van der Waals surface area contributed by atoms with Gasteiger partial charge in [-0.2, -0.15) is 0 Å². The normalized spacial score (nSPS) is 15.6. The van der Waals surface area contributed by atoms with Crippen molar-refractivity contribution in [3.05, 3.63) is 54.2 Å². The van der Waals surface area contributed by atoms with Gasteiger partial charge in [0.1, 0.15) is 11.3 Å². The van der Waals surface area contributed by atoms with Crippen LogP contribution in [0.3, 0.4) is 0 Å². The maximum Gasteiger partial charge on any atom is 0.350 e. The zero-order chi connectivity index (χ0) is 20.6.